The highest BCUT2D eigenvalue weighted by Gasteiger charge is 2.19. The molecule has 7 heteroatoms. The number of rotatable bonds is 3. The first-order valence-corrected chi connectivity index (χ1v) is 5.78. The molecule has 1 aliphatic rings. The van der Waals surface area contributed by atoms with Crippen LogP contribution in [0.3, 0.4) is 0 Å². The quantitative estimate of drug-likeness (QED) is 0.541. The summed E-state index contributed by atoms with van der Waals surface area (Å²) in [5.41, 5.74) is 0. The molecule has 0 spiro atoms. The molecule has 0 atom stereocenters. The van der Waals surface area contributed by atoms with Crippen molar-refractivity contribution in [1.82, 2.24) is 14.5 Å². The van der Waals surface area contributed by atoms with Crippen LogP contribution in [0.4, 0.5) is 0 Å². The fourth-order valence-electron chi connectivity index (χ4n) is 1.81. The lowest BCUT2D eigenvalue weighted by molar-refractivity contribution is -0.147. The zero-order valence-electron chi connectivity index (χ0n) is 10.2. The second-order valence-electron chi connectivity index (χ2n) is 4.39. The molecule has 7 nitrogen and oxygen atoms in total. The molecule has 2 heterocycles. The number of hydrogen-bond acceptors (Lipinski definition) is 6. The molecule has 0 radical (unpaired) electrons. The molecule has 0 saturated carbocycles. The van der Waals surface area contributed by atoms with E-state index in [4.69, 9.17) is 4.84 Å². The van der Waals surface area contributed by atoms with Gasteiger partial charge < -0.3 is 20.0 Å². The standard InChI is InChI=1S/C11H17N3O4/c1-12-4-6-13(7-5-12)8-11(17)18-14-9(15)2-3-10(14)16/h2-3,15-16H,4-8H2,1H3/i4+1,6+1,8+1,13+1. The summed E-state index contributed by atoms with van der Waals surface area (Å²) >= 11 is 0. The first-order valence-electron chi connectivity index (χ1n) is 5.78. The van der Waals surface area contributed by atoms with Crippen molar-refractivity contribution in [1.29, 1.82) is 0 Å². The number of aromatic hydroxyl groups is 2. The van der Waals surface area contributed by atoms with E-state index < -0.39 is 5.97 Å². The smallest absolute Gasteiger partial charge is 0.347 e. The summed E-state index contributed by atoms with van der Waals surface area (Å²) in [4.78, 5) is 20.7. The van der Waals surface area contributed by atoms with Gasteiger partial charge in [0, 0.05) is 38.3 Å². The summed E-state index contributed by atoms with van der Waals surface area (Å²) in [6.45, 7) is 3.57. The zero-order chi connectivity index (χ0) is 13.1. The van der Waals surface area contributed by atoms with E-state index >= 15 is 0 Å². The third kappa shape index (κ3) is 2.93. The third-order valence-electron chi connectivity index (χ3n) is 2.94. The number of carbonyl (C=O) groups is 1. The van der Waals surface area contributed by atoms with Crippen LogP contribution in [-0.2, 0) is 4.79 Å². The van der Waals surface area contributed by atoms with Crippen molar-refractivity contribution >= 4 is 5.97 Å². The van der Waals surface area contributed by atoms with Gasteiger partial charge in [0.2, 0.25) is 11.8 Å². The zero-order valence-corrected chi connectivity index (χ0v) is 10.2. The van der Waals surface area contributed by atoms with E-state index in [0.717, 1.165) is 26.2 Å². The molecule has 0 aromatic carbocycles. The first kappa shape index (κ1) is 12.7. The lowest BCUT2D eigenvalue weighted by Crippen LogP contribution is -2.47. The van der Waals surface area contributed by atoms with Crippen LogP contribution < -0.4 is 4.84 Å². The molecule has 1 aromatic rings. The van der Waals surface area contributed by atoms with E-state index in [2.05, 4.69) is 4.90 Å². The monoisotopic (exact) mass is 259 g/mol. The molecule has 2 rings (SSSR count). The van der Waals surface area contributed by atoms with Gasteiger partial charge in [0.05, 0.1) is 6.54 Å². The van der Waals surface area contributed by atoms with Crippen LogP contribution in [0.1, 0.15) is 0 Å². The number of likely N-dealkylation sites (N-methyl/N-ethyl adjacent to an activating group) is 1. The summed E-state index contributed by atoms with van der Waals surface area (Å²) in [7, 11) is 2.03. The van der Waals surface area contributed by atoms with Gasteiger partial charge >= 0.3 is 5.97 Å². The van der Waals surface area contributed by atoms with Crippen LogP contribution >= 0.6 is 0 Å². The highest BCUT2D eigenvalue weighted by atomic mass is 16.7. The van der Waals surface area contributed by atoms with Gasteiger partial charge in [-0.3, -0.25) is 4.90 Å². The van der Waals surface area contributed by atoms with Crippen LogP contribution in [0, 0.1) is 0 Å². The maximum absolute atomic E-state index is 11.6. The molecule has 0 unspecified atom stereocenters. The lowest BCUT2D eigenvalue weighted by Gasteiger charge is -2.31. The predicted molar refractivity (Wildman–Crippen MR) is 63.3 cm³/mol. The molecule has 0 aliphatic carbocycles. The molecular weight excluding hydrogens is 242 g/mol. The molecule has 0 bridgehead atoms. The lowest BCUT2D eigenvalue weighted by atomic mass is 10.6. The van der Waals surface area contributed by atoms with E-state index in [1.807, 2.05) is 11.9 Å². The molecule has 1 fully saturated rings. The number of carbonyl (C=O) groups excluding carboxylic acids is 1. The van der Waals surface area contributed by atoms with Gasteiger partial charge in [-0.2, -0.15) is 0 Å². The highest BCUT2D eigenvalue weighted by Crippen LogP contribution is 2.18. The minimum atomic E-state index is -0.513. The van der Waals surface area contributed by atoms with E-state index in [1.165, 1.54) is 12.1 Å². The van der Waals surface area contributed by atoms with Gasteiger partial charge in [-0.25, -0.2) is 4.79 Å². The summed E-state index contributed by atoms with van der Waals surface area (Å²) < 4.78 is 0.707. The Morgan fingerprint density at radius 2 is 1.78 bits per heavy atom. The largest absolute Gasteiger partial charge is 0.492 e. The number of nitrogens with zero attached hydrogens (tertiary/aromatic N) is 3. The van der Waals surface area contributed by atoms with Crippen LogP contribution in [-0.4, -0.2) is 70.5 Å². The fourth-order valence-corrected chi connectivity index (χ4v) is 1.81. The maximum Gasteiger partial charge on any atom is 0.347 e. The minimum absolute atomic E-state index is 0.144. The van der Waals surface area contributed by atoms with Crippen molar-refractivity contribution in [3.63, 3.8) is 0 Å². The van der Waals surface area contributed by atoms with Crippen LogP contribution in [0.5, 0.6) is 11.8 Å². The normalized spacial score (nSPS) is 17.8. The Bertz CT molecular complexity index is 404. The first-order chi connectivity index (χ1) is 8.56. The third-order valence-corrected chi connectivity index (χ3v) is 2.94. The van der Waals surface area contributed by atoms with Gasteiger partial charge in [0.1, 0.15) is 0 Å². The summed E-state index contributed by atoms with van der Waals surface area (Å²) in [6, 6.07) is 2.50. The molecule has 0 amide bonds. The average molecular weight is 259 g/mol. The SMILES string of the molecule is CN1CC[15N]([13CH2]C(=O)On2c(O)ccc2O)[13CH2][13CH2]1. The second-order valence-corrected chi connectivity index (χ2v) is 4.39. The Morgan fingerprint density at radius 3 is 2.33 bits per heavy atom. The van der Waals surface area contributed by atoms with E-state index in [-0.39, 0.29) is 18.3 Å². The topological polar surface area (TPSA) is 78.2 Å². The molecule has 2 N–H and O–H groups in total. The van der Waals surface area contributed by atoms with Crippen molar-refractivity contribution in [3.05, 3.63) is 12.1 Å². The molecule has 1 saturated heterocycles. The van der Waals surface area contributed by atoms with Gasteiger partial charge in [-0.1, -0.05) is 0 Å². The second kappa shape index (κ2) is 5.28. The fraction of sp³-hybridized carbons (Fsp3) is 0.545. The molecule has 1 aromatic heterocycles. The van der Waals surface area contributed by atoms with Gasteiger partial charge in [0.15, 0.2) is 0 Å². The Hall–Kier alpha value is -1.73. The Morgan fingerprint density at radius 1 is 1.22 bits per heavy atom. The van der Waals surface area contributed by atoms with Gasteiger partial charge in [0.25, 0.3) is 0 Å². The average Bonchev–Trinajstić information content (AvgIpc) is 2.64. The van der Waals surface area contributed by atoms with Gasteiger partial charge in [-0.15, -0.1) is 4.73 Å². The summed E-state index contributed by atoms with van der Waals surface area (Å²) in [6.07, 6.45) is 0. The van der Waals surface area contributed by atoms with Crippen LogP contribution in [0.15, 0.2) is 12.1 Å². The molecule has 18 heavy (non-hydrogen) atoms. The Labute approximate surface area is 105 Å². The van der Waals surface area contributed by atoms with E-state index in [1.54, 1.807) is 0 Å². The number of piperazine rings is 1. The molecular formula is C11H17N3O4. The maximum atomic E-state index is 11.6. The van der Waals surface area contributed by atoms with Crippen molar-refractivity contribution in [2.24, 2.45) is 0 Å². The number of hydrogen-bond donors (Lipinski definition) is 2. The Balaban J connectivity index is 1.86. The van der Waals surface area contributed by atoms with Crippen molar-refractivity contribution in [2.45, 2.75) is 0 Å². The van der Waals surface area contributed by atoms with E-state index in [0.29, 0.717) is 4.73 Å². The van der Waals surface area contributed by atoms with Gasteiger partial charge in [-0.05, 0) is 7.05 Å². The van der Waals surface area contributed by atoms with E-state index in [9.17, 15) is 15.0 Å². The molecule has 100 valence electrons. The van der Waals surface area contributed by atoms with Crippen LogP contribution in [0.2, 0.25) is 0 Å². The molecule has 1 aliphatic heterocycles. The number of aromatic nitrogens is 1. The summed E-state index contributed by atoms with van der Waals surface area (Å²) in [5, 5.41) is 18.7. The summed E-state index contributed by atoms with van der Waals surface area (Å²) in [5.74, 6) is -1.13. The van der Waals surface area contributed by atoms with Crippen molar-refractivity contribution in [3.8, 4) is 11.8 Å². The van der Waals surface area contributed by atoms with Crippen LogP contribution in [0.25, 0.3) is 0 Å². The Kier molecular flexibility index (Phi) is 3.73. The predicted octanol–water partition coefficient (Wildman–Crippen LogP) is -0.898. The minimum Gasteiger partial charge on any atom is -0.492 e. The highest BCUT2D eigenvalue weighted by molar-refractivity contribution is 5.72. The van der Waals surface area contributed by atoms with Crippen molar-refractivity contribution < 1.29 is 19.8 Å². The van der Waals surface area contributed by atoms with Crippen molar-refractivity contribution in [2.75, 3.05) is 39.8 Å².